The first-order chi connectivity index (χ1) is 15.7. The largest absolute Gasteiger partial charge is 0.457 e. The van der Waals surface area contributed by atoms with Crippen LogP contribution in [0.1, 0.15) is 0 Å². The molecule has 0 fully saturated rings. The maximum Gasteiger partial charge on any atom is 0.166 e. The van der Waals surface area contributed by atoms with Gasteiger partial charge in [-0.3, -0.25) is 0 Å². The molecule has 0 atom stereocenters. The number of hydrogen-bond donors (Lipinski definition) is 1. The van der Waals surface area contributed by atoms with Crippen LogP contribution in [0.3, 0.4) is 0 Å². The number of halogens is 6. The van der Waals surface area contributed by atoms with Gasteiger partial charge in [-0.1, -0.05) is 36.4 Å². The van der Waals surface area contributed by atoms with Crippen LogP contribution in [0.2, 0.25) is 0 Å². The molecule has 4 rings (SSSR count). The molecule has 0 unspecified atom stereocenters. The Morgan fingerprint density at radius 3 is 1.21 bits per heavy atom. The molecule has 4 aromatic rings. The molecule has 0 aliphatic rings. The summed E-state index contributed by atoms with van der Waals surface area (Å²) >= 11 is 4.31. The molecule has 10 heteroatoms. The second kappa shape index (κ2) is 9.56. The van der Waals surface area contributed by atoms with Crippen molar-refractivity contribution in [1.29, 1.82) is 0 Å². The normalized spacial score (nSPS) is 13.3. The molecule has 0 bridgehead atoms. The molecule has 0 N–H and O–H groups in total. The van der Waals surface area contributed by atoms with Crippen molar-refractivity contribution in [2.45, 2.75) is 19.6 Å². The molecule has 0 aliphatic heterocycles. The van der Waals surface area contributed by atoms with E-state index in [1.165, 1.54) is 14.7 Å². The quantitative estimate of drug-likeness (QED) is 0.116. The first-order valence-corrected chi connectivity index (χ1v) is 13.4. The molecule has 1 nitrogen and oxygen atoms in total. The number of hydrogen-bond acceptors (Lipinski definition) is 2. The van der Waals surface area contributed by atoms with Crippen LogP contribution in [0.25, 0.3) is 0 Å². The fourth-order valence-corrected chi connectivity index (χ4v) is 5.05. The Kier molecular flexibility index (Phi) is 7.31. The van der Waals surface area contributed by atoms with E-state index in [4.69, 9.17) is 4.74 Å². The van der Waals surface area contributed by atoms with Crippen LogP contribution in [-0.2, 0) is 10.9 Å². The van der Waals surface area contributed by atoms with Crippen LogP contribution in [0, 0.1) is 0 Å². The first-order valence-electron chi connectivity index (χ1n) is 9.72. The summed E-state index contributed by atoms with van der Waals surface area (Å²) in [5.41, 5.74) is 0. The van der Waals surface area contributed by atoms with Crippen molar-refractivity contribution in [1.82, 2.24) is 0 Å². The van der Waals surface area contributed by atoms with Crippen LogP contribution < -0.4 is 4.74 Å². The van der Waals surface area contributed by atoms with E-state index in [0.29, 0.717) is 0 Å². The molecule has 0 spiro atoms. The minimum absolute atomic E-state index is 0.138. The van der Waals surface area contributed by atoms with Crippen molar-refractivity contribution < 1.29 is 29.9 Å². The van der Waals surface area contributed by atoms with Gasteiger partial charge in [0.05, 0.1) is 10.9 Å². The second-order valence-corrected chi connectivity index (χ2v) is 11.4. The summed E-state index contributed by atoms with van der Waals surface area (Å²) in [6.07, 6.45) is 0. The van der Waals surface area contributed by atoms with Gasteiger partial charge in [-0.05, 0) is 72.8 Å². The van der Waals surface area contributed by atoms with E-state index < -0.39 is 7.81 Å². The Balaban J connectivity index is 0.000000406. The number of ether oxygens (including phenoxy) is 1. The van der Waals surface area contributed by atoms with E-state index in [0.717, 1.165) is 16.4 Å². The van der Waals surface area contributed by atoms with Crippen molar-refractivity contribution in [2.75, 3.05) is 0 Å². The molecule has 0 aliphatic carbocycles. The fraction of sp³-hybridized carbons (Fsp3) is 0. The Morgan fingerprint density at radius 2 is 0.824 bits per heavy atom. The van der Waals surface area contributed by atoms with Gasteiger partial charge in [0.1, 0.15) is 11.5 Å². The maximum atomic E-state index is 9.87. The molecule has 4 aromatic carbocycles. The molecule has 180 valence electrons. The molecule has 0 aromatic heterocycles. The Morgan fingerprint density at radius 1 is 0.500 bits per heavy atom. The summed E-state index contributed by atoms with van der Waals surface area (Å²) in [7, 11) is -10.8. The SMILES string of the molecule is F[P-](F)(F)(F)(F)F.Sc1ccc(Oc2ccc([S+](c3ccccc3)c3ccccc3)cc2)cc1. The minimum atomic E-state index is -10.7. The van der Waals surface area contributed by atoms with Crippen LogP contribution in [0.5, 0.6) is 11.5 Å². The third-order valence-corrected chi connectivity index (χ3v) is 6.62. The summed E-state index contributed by atoms with van der Waals surface area (Å²) in [4.78, 5) is 4.81. The van der Waals surface area contributed by atoms with Gasteiger partial charge in [0.15, 0.2) is 14.7 Å². The predicted molar refractivity (Wildman–Crippen MR) is 129 cm³/mol. The summed E-state index contributed by atoms with van der Waals surface area (Å²) in [5.74, 6) is 1.64. The smallest absolute Gasteiger partial charge is 0.166 e. The van der Waals surface area contributed by atoms with Gasteiger partial charge in [-0.15, -0.1) is 12.6 Å². The zero-order chi connectivity index (χ0) is 24.9. The number of rotatable bonds is 5. The molecular weight excluding hydrogens is 513 g/mol. The van der Waals surface area contributed by atoms with Crippen LogP contribution in [0.15, 0.2) is 129 Å². The van der Waals surface area contributed by atoms with E-state index >= 15 is 0 Å². The number of thiol groups is 1. The predicted octanol–water partition coefficient (Wildman–Crippen LogP) is 10.2. The molecule has 0 radical (unpaired) electrons. The van der Waals surface area contributed by atoms with Gasteiger partial charge < -0.3 is 4.74 Å². The average molecular weight is 533 g/mol. The second-order valence-electron chi connectivity index (χ2n) is 6.96. The van der Waals surface area contributed by atoms with Crippen molar-refractivity contribution in [3.63, 3.8) is 0 Å². The van der Waals surface area contributed by atoms with Gasteiger partial charge in [-0.2, -0.15) is 0 Å². The zero-order valence-electron chi connectivity index (χ0n) is 17.4. The van der Waals surface area contributed by atoms with E-state index in [-0.39, 0.29) is 10.9 Å². The Hall–Kier alpha value is -2.61. The average Bonchev–Trinajstić information content (AvgIpc) is 2.76. The van der Waals surface area contributed by atoms with Crippen LogP contribution in [-0.4, -0.2) is 0 Å². The molecule has 0 saturated carbocycles. The van der Waals surface area contributed by atoms with E-state index in [2.05, 4.69) is 85.4 Å². The van der Waals surface area contributed by atoms with Gasteiger partial charge in [-0.25, -0.2) is 0 Å². The first kappa shape index (κ1) is 26.0. The van der Waals surface area contributed by atoms with E-state index in [1.54, 1.807) is 0 Å². The topological polar surface area (TPSA) is 9.23 Å². The summed E-state index contributed by atoms with van der Waals surface area (Å²) in [6.45, 7) is 0. The standard InChI is InChI=1S/C24H18OS2.F6P/c26-21-15-11-19(12-16-21)25-20-13-17-24(18-14-20)27(22-7-3-1-4-8-22)23-9-5-2-6-10-23;1-7(2,3,4,5)6/h1-18H;/q;-1/p+1. The molecular formula is C24H19F6OPS2. The zero-order valence-corrected chi connectivity index (χ0v) is 20.0. The molecule has 34 heavy (non-hydrogen) atoms. The van der Waals surface area contributed by atoms with Crippen molar-refractivity contribution in [3.05, 3.63) is 109 Å². The third kappa shape index (κ3) is 9.71. The maximum absolute atomic E-state index is 10.7. The summed E-state index contributed by atoms with van der Waals surface area (Å²) < 4.78 is 65.1. The van der Waals surface area contributed by atoms with Crippen LogP contribution >= 0.6 is 20.4 Å². The molecule has 0 heterocycles. The van der Waals surface area contributed by atoms with Gasteiger partial charge >= 0.3 is 33.0 Å². The monoisotopic (exact) mass is 532 g/mol. The minimum Gasteiger partial charge on any atom is -0.457 e. The van der Waals surface area contributed by atoms with Gasteiger partial charge in [0.2, 0.25) is 0 Å². The number of benzene rings is 4. The third-order valence-electron chi connectivity index (χ3n) is 4.09. The van der Waals surface area contributed by atoms with Gasteiger partial charge in [0, 0.05) is 4.90 Å². The molecule has 0 saturated heterocycles. The van der Waals surface area contributed by atoms with Crippen LogP contribution in [0.4, 0.5) is 25.2 Å². The Labute approximate surface area is 201 Å². The van der Waals surface area contributed by atoms with Crippen molar-refractivity contribution in [2.24, 2.45) is 0 Å². The van der Waals surface area contributed by atoms with E-state index in [9.17, 15) is 25.2 Å². The summed E-state index contributed by atoms with van der Waals surface area (Å²) in [6, 6.07) is 37.4. The summed E-state index contributed by atoms with van der Waals surface area (Å²) in [5, 5.41) is 0. The van der Waals surface area contributed by atoms with Crippen molar-refractivity contribution in [3.8, 4) is 11.5 Å². The van der Waals surface area contributed by atoms with E-state index in [1.807, 2.05) is 36.4 Å². The van der Waals surface area contributed by atoms with Crippen molar-refractivity contribution >= 4 is 31.3 Å². The molecule has 0 amide bonds. The Bertz CT molecular complexity index is 1150. The van der Waals surface area contributed by atoms with Gasteiger partial charge in [0.25, 0.3) is 0 Å². The fourth-order valence-electron chi connectivity index (χ4n) is 2.82.